The van der Waals surface area contributed by atoms with E-state index in [-0.39, 0.29) is 0 Å². The maximum absolute atomic E-state index is 11.6. The van der Waals surface area contributed by atoms with E-state index < -0.39 is 5.91 Å². The van der Waals surface area contributed by atoms with E-state index in [1.54, 1.807) is 6.07 Å². The average molecular weight is 297 g/mol. The summed E-state index contributed by atoms with van der Waals surface area (Å²) in [6, 6.07) is 15.9. The first-order valence-corrected chi connectivity index (χ1v) is 7.80. The highest BCUT2D eigenvalue weighted by molar-refractivity contribution is 5.96. The predicted octanol–water partition coefficient (Wildman–Crippen LogP) is 3.75. The third kappa shape index (κ3) is 4.35. The van der Waals surface area contributed by atoms with Gasteiger partial charge in [-0.25, -0.2) is 0 Å². The molecule has 0 fully saturated rings. The Balaban J connectivity index is 2.17. The lowest BCUT2D eigenvalue weighted by molar-refractivity contribution is 0.0996. The number of rotatable bonds is 8. The van der Waals surface area contributed by atoms with Crippen LogP contribution in [0.2, 0.25) is 0 Å². The highest BCUT2D eigenvalue weighted by atomic mass is 16.5. The quantitative estimate of drug-likeness (QED) is 0.754. The molecule has 0 aromatic heterocycles. The van der Waals surface area contributed by atoms with Crippen LogP contribution in [-0.2, 0) is 12.8 Å². The molecule has 0 aliphatic rings. The monoisotopic (exact) mass is 297 g/mol. The number of para-hydroxylation sites is 1. The van der Waals surface area contributed by atoms with Gasteiger partial charge in [0.15, 0.2) is 0 Å². The van der Waals surface area contributed by atoms with E-state index in [0.29, 0.717) is 17.9 Å². The molecular formula is C19H23NO2. The molecule has 2 aromatic rings. The van der Waals surface area contributed by atoms with Crippen LogP contribution in [0.3, 0.4) is 0 Å². The number of amides is 1. The van der Waals surface area contributed by atoms with E-state index in [2.05, 4.69) is 19.1 Å². The summed E-state index contributed by atoms with van der Waals surface area (Å²) in [5.74, 6) is 0.215. The molecule has 0 aliphatic carbocycles. The SMILES string of the molecule is CCCCOc1c(CCc2ccccc2)cccc1C(N)=O. The lowest BCUT2D eigenvalue weighted by Crippen LogP contribution is -2.15. The zero-order chi connectivity index (χ0) is 15.8. The van der Waals surface area contributed by atoms with Crippen LogP contribution in [0.5, 0.6) is 5.75 Å². The number of ether oxygens (including phenoxy) is 1. The van der Waals surface area contributed by atoms with Gasteiger partial charge >= 0.3 is 0 Å². The van der Waals surface area contributed by atoms with E-state index in [0.717, 1.165) is 31.2 Å². The summed E-state index contributed by atoms with van der Waals surface area (Å²) in [6.45, 7) is 2.72. The number of hydrogen-bond donors (Lipinski definition) is 1. The van der Waals surface area contributed by atoms with Crippen molar-refractivity contribution in [1.29, 1.82) is 0 Å². The van der Waals surface area contributed by atoms with Gasteiger partial charge in [0.25, 0.3) is 5.91 Å². The van der Waals surface area contributed by atoms with Crippen LogP contribution >= 0.6 is 0 Å². The smallest absolute Gasteiger partial charge is 0.252 e. The van der Waals surface area contributed by atoms with Gasteiger partial charge in [-0.1, -0.05) is 55.8 Å². The predicted molar refractivity (Wildman–Crippen MR) is 89.2 cm³/mol. The second kappa shape index (κ2) is 8.23. The third-order valence-corrected chi connectivity index (χ3v) is 3.63. The first-order valence-electron chi connectivity index (χ1n) is 7.80. The molecule has 2 N–H and O–H groups in total. The molecular weight excluding hydrogens is 274 g/mol. The molecule has 2 aromatic carbocycles. The number of carbonyl (C=O) groups excluding carboxylic acids is 1. The van der Waals surface area contributed by atoms with Crippen molar-refractivity contribution in [3.8, 4) is 5.75 Å². The van der Waals surface area contributed by atoms with Crippen LogP contribution in [0.1, 0.15) is 41.3 Å². The highest BCUT2D eigenvalue weighted by Crippen LogP contribution is 2.25. The summed E-state index contributed by atoms with van der Waals surface area (Å²) in [6.07, 6.45) is 3.75. The summed E-state index contributed by atoms with van der Waals surface area (Å²) in [5, 5.41) is 0. The molecule has 0 aliphatic heterocycles. The first kappa shape index (κ1) is 16.1. The molecule has 3 nitrogen and oxygen atoms in total. The molecule has 0 atom stereocenters. The Bertz CT molecular complexity index is 608. The van der Waals surface area contributed by atoms with Crippen molar-refractivity contribution in [2.24, 2.45) is 5.73 Å². The van der Waals surface area contributed by atoms with E-state index in [1.807, 2.05) is 30.3 Å². The van der Waals surface area contributed by atoms with Gasteiger partial charge in [0.05, 0.1) is 12.2 Å². The van der Waals surface area contributed by atoms with Crippen LogP contribution in [-0.4, -0.2) is 12.5 Å². The molecule has 0 saturated heterocycles. The Morgan fingerprint density at radius 1 is 1.05 bits per heavy atom. The summed E-state index contributed by atoms with van der Waals surface area (Å²) < 4.78 is 5.86. The van der Waals surface area contributed by atoms with E-state index in [1.165, 1.54) is 5.56 Å². The van der Waals surface area contributed by atoms with Crippen molar-refractivity contribution < 1.29 is 9.53 Å². The molecule has 0 bridgehead atoms. The standard InChI is InChI=1S/C19H23NO2/c1-2-3-14-22-18-16(10-7-11-17(18)19(20)21)13-12-15-8-5-4-6-9-15/h4-11H,2-3,12-14H2,1H3,(H2,20,21). The van der Waals surface area contributed by atoms with Crippen LogP contribution < -0.4 is 10.5 Å². The van der Waals surface area contributed by atoms with Crippen molar-refractivity contribution in [2.75, 3.05) is 6.61 Å². The molecule has 0 spiro atoms. The van der Waals surface area contributed by atoms with E-state index in [9.17, 15) is 4.79 Å². The van der Waals surface area contributed by atoms with Crippen LogP contribution in [0.4, 0.5) is 0 Å². The number of primary amides is 1. The second-order valence-corrected chi connectivity index (χ2v) is 5.35. The van der Waals surface area contributed by atoms with Gasteiger partial charge in [-0.15, -0.1) is 0 Å². The minimum atomic E-state index is -0.437. The van der Waals surface area contributed by atoms with Crippen LogP contribution in [0, 0.1) is 0 Å². The minimum Gasteiger partial charge on any atom is -0.492 e. The maximum atomic E-state index is 11.6. The second-order valence-electron chi connectivity index (χ2n) is 5.35. The van der Waals surface area contributed by atoms with Gasteiger partial charge in [0.2, 0.25) is 0 Å². The molecule has 2 rings (SSSR count). The largest absolute Gasteiger partial charge is 0.492 e. The van der Waals surface area contributed by atoms with Crippen molar-refractivity contribution in [3.05, 3.63) is 65.2 Å². The molecule has 1 amide bonds. The Hall–Kier alpha value is -2.29. The molecule has 0 heterocycles. The van der Waals surface area contributed by atoms with Gasteiger partial charge < -0.3 is 10.5 Å². The fraction of sp³-hybridized carbons (Fsp3) is 0.316. The van der Waals surface area contributed by atoms with Crippen molar-refractivity contribution in [3.63, 3.8) is 0 Å². The third-order valence-electron chi connectivity index (χ3n) is 3.63. The average Bonchev–Trinajstić information content (AvgIpc) is 2.54. The normalized spacial score (nSPS) is 10.4. The Labute approximate surface area is 132 Å². The lowest BCUT2D eigenvalue weighted by Gasteiger charge is -2.14. The lowest BCUT2D eigenvalue weighted by atomic mass is 10.0. The molecule has 116 valence electrons. The number of hydrogen-bond acceptors (Lipinski definition) is 2. The topological polar surface area (TPSA) is 52.3 Å². The fourth-order valence-electron chi connectivity index (χ4n) is 2.39. The van der Waals surface area contributed by atoms with Crippen molar-refractivity contribution in [2.45, 2.75) is 32.6 Å². The van der Waals surface area contributed by atoms with Gasteiger partial charge in [-0.3, -0.25) is 4.79 Å². The first-order chi connectivity index (χ1) is 10.7. The summed E-state index contributed by atoms with van der Waals surface area (Å²) >= 11 is 0. The van der Waals surface area contributed by atoms with Crippen LogP contribution in [0.15, 0.2) is 48.5 Å². The van der Waals surface area contributed by atoms with E-state index in [4.69, 9.17) is 10.5 Å². The van der Waals surface area contributed by atoms with Crippen molar-refractivity contribution >= 4 is 5.91 Å². The van der Waals surface area contributed by atoms with Gasteiger partial charge in [-0.2, -0.15) is 0 Å². The number of carbonyl (C=O) groups is 1. The highest BCUT2D eigenvalue weighted by Gasteiger charge is 2.14. The zero-order valence-corrected chi connectivity index (χ0v) is 13.0. The summed E-state index contributed by atoms with van der Waals surface area (Å²) in [7, 11) is 0. The number of benzene rings is 2. The zero-order valence-electron chi connectivity index (χ0n) is 13.0. The maximum Gasteiger partial charge on any atom is 0.252 e. The van der Waals surface area contributed by atoms with E-state index >= 15 is 0 Å². The number of aryl methyl sites for hydroxylation is 2. The molecule has 0 radical (unpaired) electrons. The molecule has 0 saturated carbocycles. The van der Waals surface area contributed by atoms with Gasteiger partial charge in [0.1, 0.15) is 5.75 Å². The summed E-state index contributed by atoms with van der Waals surface area (Å²) in [5.41, 5.74) is 8.26. The Morgan fingerprint density at radius 3 is 2.50 bits per heavy atom. The molecule has 0 unspecified atom stereocenters. The number of nitrogens with two attached hydrogens (primary N) is 1. The molecule has 3 heteroatoms. The Kier molecular flexibility index (Phi) is 6.01. The fourth-order valence-corrected chi connectivity index (χ4v) is 2.39. The van der Waals surface area contributed by atoms with Gasteiger partial charge in [0, 0.05) is 0 Å². The number of unbranched alkanes of at least 4 members (excludes halogenated alkanes) is 1. The summed E-state index contributed by atoms with van der Waals surface area (Å²) in [4.78, 5) is 11.6. The Morgan fingerprint density at radius 2 is 1.82 bits per heavy atom. The minimum absolute atomic E-state index is 0.437. The van der Waals surface area contributed by atoms with Crippen molar-refractivity contribution in [1.82, 2.24) is 0 Å². The van der Waals surface area contributed by atoms with Crippen LogP contribution in [0.25, 0.3) is 0 Å². The molecule has 22 heavy (non-hydrogen) atoms. The van der Waals surface area contributed by atoms with Gasteiger partial charge in [-0.05, 0) is 36.5 Å².